The first-order valence-electron chi connectivity index (χ1n) is 12.2. The molecule has 0 aliphatic carbocycles. The summed E-state index contributed by atoms with van der Waals surface area (Å²) in [7, 11) is 0. The van der Waals surface area contributed by atoms with Crippen LogP contribution in [0.3, 0.4) is 0 Å². The number of carbonyl (C=O) groups is 3. The fraction of sp³-hybridized carbons (Fsp3) is 0.444. The molecule has 2 saturated heterocycles. The van der Waals surface area contributed by atoms with E-state index in [2.05, 4.69) is 58.9 Å². The second kappa shape index (κ2) is 9.31. The van der Waals surface area contributed by atoms with Crippen LogP contribution >= 0.6 is 0 Å². The highest BCUT2D eigenvalue weighted by atomic mass is 16.2. The second-order valence-electron chi connectivity index (χ2n) is 10.1. The number of hydrogen-bond acceptors (Lipinski definition) is 5. The normalized spacial score (nSPS) is 25.4. The van der Waals surface area contributed by atoms with Crippen LogP contribution in [0.5, 0.6) is 0 Å². The van der Waals surface area contributed by atoms with Gasteiger partial charge in [0, 0.05) is 43.7 Å². The standard InChI is InChI=1S/C27H32N4O3/c1-27(12-5-13-30(18-27)16-19-6-3-2-4-7-19)28-15-20-8-9-22-21(14-20)17-31(26(22)34)23-10-11-24(32)29-25(23)33/h2-4,6-9,14,23,28H,5,10-13,15-18H2,1H3,(H,29,32,33)/t23?,27-/m0/s1. The maximum absolute atomic E-state index is 12.9. The summed E-state index contributed by atoms with van der Waals surface area (Å²) < 4.78 is 0. The highest BCUT2D eigenvalue weighted by Crippen LogP contribution is 2.29. The zero-order valence-electron chi connectivity index (χ0n) is 19.7. The van der Waals surface area contributed by atoms with E-state index in [1.807, 2.05) is 12.1 Å². The van der Waals surface area contributed by atoms with Crippen LogP contribution < -0.4 is 10.6 Å². The molecule has 2 aromatic rings. The van der Waals surface area contributed by atoms with Crippen LogP contribution in [0.1, 0.15) is 59.7 Å². The number of benzene rings is 2. The molecular weight excluding hydrogens is 428 g/mol. The Morgan fingerprint density at radius 3 is 2.71 bits per heavy atom. The summed E-state index contributed by atoms with van der Waals surface area (Å²) in [6.45, 7) is 6.52. The maximum Gasteiger partial charge on any atom is 0.255 e. The lowest BCUT2D eigenvalue weighted by Crippen LogP contribution is -2.54. The Hall–Kier alpha value is -3.03. The lowest BCUT2D eigenvalue weighted by molar-refractivity contribution is -0.136. The van der Waals surface area contributed by atoms with Gasteiger partial charge in [0.05, 0.1) is 0 Å². The predicted molar refractivity (Wildman–Crippen MR) is 129 cm³/mol. The fourth-order valence-corrected chi connectivity index (χ4v) is 5.52. The van der Waals surface area contributed by atoms with Crippen molar-refractivity contribution in [2.24, 2.45) is 0 Å². The molecule has 5 rings (SSSR count). The number of fused-ring (bicyclic) bond motifs is 1. The summed E-state index contributed by atoms with van der Waals surface area (Å²) in [5.74, 6) is -0.762. The molecule has 0 spiro atoms. The molecule has 2 atom stereocenters. The number of piperidine rings is 2. The minimum atomic E-state index is -0.573. The molecule has 178 valence electrons. The van der Waals surface area contributed by atoms with E-state index in [0.29, 0.717) is 18.5 Å². The van der Waals surface area contributed by atoms with Crippen molar-refractivity contribution < 1.29 is 14.4 Å². The van der Waals surface area contributed by atoms with Gasteiger partial charge in [-0.05, 0) is 55.5 Å². The first kappa shape index (κ1) is 22.7. The average molecular weight is 461 g/mol. The molecule has 34 heavy (non-hydrogen) atoms. The molecule has 0 saturated carbocycles. The number of carbonyl (C=O) groups excluding carboxylic acids is 3. The molecule has 2 aromatic carbocycles. The van der Waals surface area contributed by atoms with Crippen LogP contribution in [0.25, 0.3) is 0 Å². The topological polar surface area (TPSA) is 81.8 Å². The third-order valence-electron chi connectivity index (χ3n) is 7.33. The Morgan fingerprint density at radius 2 is 1.91 bits per heavy atom. The van der Waals surface area contributed by atoms with Crippen LogP contribution in [0.4, 0.5) is 0 Å². The van der Waals surface area contributed by atoms with E-state index in [4.69, 9.17) is 0 Å². The molecule has 1 unspecified atom stereocenters. The third kappa shape index (κ3) is 4.76. The van der Waals surface area contributed by atoms with Gasteiger partial charge < -0.3 is 10.2 Å². The van der Waals surface area contributed by atoms with Gasteiger partial charge in [0.15, 0.2) is 0 Å². The average Bonchev–Trinajstić information content (AvgIpc) is 3.14. The van der Waals surface area contributed by atoms with Crippen molar-refractivity contribution in [1.29, 1.82) is 0 Å². The SMILES string of the molecule is C[C@]1(NCc2ccc3c(c2)CN(C2CCC(=O)NC2=O)C3=O)CCCN(Cc2ccccc2)C1. The monoisotopic (exact) mass is 460 g/mol. The molecule has 0 radical (unpaired) electrons. The fourth-order valence-electron chi connectivity index (χ4n) is 5.52. The van der Waals surface area contributed by atoms with Gasteiger partial charge in [-0.15, -0.1) is 0 Å². The first-order chi connectivity index (χ1) is 16.4. The van der Waals surface area contributed by atoms with Crippen molar-refractivity contribution in [2.45, 2.75) is 63.8 Å². The zero-order chi connectivity index (χ0) is 23.7. The number of rotatable bonds is 6. The van der Waals surface area contributed by atoms with E-state index >= 15 is 0 Å². The van der Waals surface area contributed by atoms with E-state index < -0.39 is 6.04 Å². The van der Waals surface area contributed by atoms with Crippen LogP contribution in [0, 0.1) is 0 Å². The van der Waals surface area contributed by atoms with E-state index in [1.165, 1.54) is 5.56 Å². The third-order valence-corrected chi connectivity index (χ3v) is 7.33. The van der Waals surface area contributed by atoms with Gasteiger partial charge in [-0.2, -0.15) is 0 Å². The lowest BCUT2D eigenvalue weighted by Gasteiger charge is -2.41. The minimum absolute atomic E-state index is 0.0284. The van der Waals surface area contributed by atoms with Gasteiger partial charge in [-0.1, -0.05) is 42.5 Å². The van der Waals surface area contributed by atoms with Crippen LogP contribution in [-0.4, -0.2) is 52.2 Å². The smallest absolute Gasteiger partial charge is 0.255 e. The first-order valence-corrected chi connectivity index (χ1v) is 12.2. The Bertz CT molecular complexity index is 1100. The number of amides is 3. The highest BCUT2D eigenvalue weighted by Gasteiger charge is 2.39. The summed E-state index contributed by atoms with van der Waals surface area (Å²) >= 11 is 0. The van der Waals surface area contributed by atoms with Crippen molar-refractivity contribution in [1.82, 2.24) is 20.4 Å². The molecule has 2 N–H and O–H groups in total. The number of imide groups is 1. The highest BCUT2D eigenvalue weighted by molar-refractivity contribution is 6.05. The summed E-state index contributed by atoms with van der Waals surface area (Å²) in [4.78, 5) is 40.8. The van der Waals surface area contributed by atoms with Gasteiger partial charge in [0.1, 0.15) is 6.04 Å². The zero-order valence-corrected chi connectivity index (χ0v) is 19.7. The quantitative estimate of drug-likeness (QED) is 0.648. The summed E-state index contributed by atoms with van der Waals surface area (Å²) in [6, 6.07) is 16.0. The molecule has 7 heteroatoms. The van der Waals surface area contributed by atoms with Gasteiger partial charge in [-0.25, -0.2) is 0 Å². The number of nitrogens with one attached hydrogen (secondary N) is 2. The van der Waals surface area contributed by atoms with Crippen molar-refractivity contribution in [3.63, 3.8) is 0 Å². The number of hydrogen-bond donors (Lipinski definition) is 2. The molecule has 3 aliphatic rings. The molecule has 3 heterocycles. The molecule has 0 aromatic heterocycles. The summed E-state index contributed by atoms with van der Waals surface area (Å²) in [5, 5.41) is 6.14. The van der Waals surface area contributed by atoms with Gasteiger partial charge in [0.25, 0.3) is 5.91 Å². The van der Waals surface area contributed by atoms with E-state index in [9.17, 15) is 14.4 Å². The largest absolute Gasteiger partial charge is 0.322 e. The van der Waals surface area contributed by atoms with Gasteiger partial charge >= 0.3 is 0 Å². The van der Waals surface area contributed by atoms with Crippen molar-refractivity contribution in [2.75, 3.05) is 13.1 Å². The second-order valence-corrected chi connectivity index (χ2v) is 10.1. The Morgan fingerprint density at radius 1 is 1.09 bits per heavy atom. The molecule has 3 aliphatic heterocycles. The van der Waals surface area contributed by atoms with E-state index in [0.717, 1.165) is 50.1 Å². The maximum atomic E-state index is 12.9. The van der Waals surface area contributed by atoms with Crippen molar-refractivity contribution in [3.05, 3.63) is 70.8 Å². The van der Waals surface area contributed by atoms with E-state index in [1.54, 1.807) is 4.90 Å². The number of likely N-dealkylation sites (tertiary alicyclic amines) is 1. The van der Waals surface area contributed by atoms with E-state index in [-0.39, 0.29) is 29.7 Å². The molecule has 3 amide bonds. The molecule has 0 bridgehead atoms. The van der Waals surface area contributed by atoms with Crippen LogP contribution in [-0.2, 0) is 29.2 Å². The summed E-state index contributed by atoms with van der Waals surface area (Å²) in [5.41, 5.74) is 4.12. The summed E-state index contributed by atoms with van der Waals surface area (Å²) in [6.07, 6.45) is 2.95. The van der Waals surface area contributed by atoms with Gasteiger partial charge in [0.2, 0.25) is 11.8 Å². The molecular formula is C27H32N4O3. The number of nitrogens with zero attached hydrogens (tertiary/aromatic N) is 2. The van der Waals surface area contributed by atoms with Gasteiger partial charge in [-0.3, -0.25) is 24.6 Å². The predicted octanol–water partition coefficient (Wildman–Crippen LogP) is 2.59. The van der Waals surface area contributed by atoms with Crippen LogP contribution in [0.15, 0.2) is 48.5 Å². The minimum Gasteiger partial charge on any atom is -0.322 e. The van der Waals surface area contributed by atoms with Crippen molar-refractivity contribution in [3.8, 4) is 0 Å². The Kier molecular flexibility index (Phi) is 6.23. The Labute approximate surface area is 200 Å². The molecule has 7 nitrogen and oxygen atoms in total. The lowest BCUT2D eigenvalue weighted by atomic mass is 9.90. The Balaban J connectivity index is 1.21. The van der Waals surface area contributed by atoms with Crippen molar-refractivity contribution >= 4 is 17.7 Å². The molecule has 2 fully saturated rings. The van der Waals surface area contributed by atoms with Crippen LogP contribution in [0.2, 0.25) is 0 Å².